The Morgan fingerprint density at radius 2 is 1.88 bits per heavy atom. The van der Waals surface area contributed by atoms with E-state index in [2.05, 4.69) is 41.9 Å². The molecule has 2 rings (SSSR count). The van der Waals surface area contributed by atoms with E-state index in [1.165, 1.54) is 0 Å². The molecule has 0 saturated carbocycles. The predicted octanol–water partition coefficient (Wildman–Crippen LogP) is 2.68. The molecule has 1 heterocycles. The molecular weight excluding hydrogens is 212 g/mol. The topological polar surface area (TPSA) is 36.1 Å². The van der Waals surface area contributed by atoms with Crippen LogP contribution in [0.25, 0.3) is 10.9 Å². The highest BCUT2D eigenvalue weighted by molar-refractivity contribution is 5.85. The Hall–Kier alpha value is -1.77. The Kier molecular flexibility index (Phi) is 3.18. The zero-order chi connectivity index (χ0) is 12.4. The van der Waals surface area contributed by atoms with Crippen molar-refractivity contribution < 1.29 is 0 Å². The molecule has 3 nitrogen and oxygen atoms in total. The standard InChI is InChI=1S/C14H18N2O/c1-4-16(5-2)11-6-7-12-10(3)8-14(17)15-13(12)9-11/h6-9H,4-5H2,1-3H3,(H,15,17). The Morgan fingerprint density at radius 1 is 1.18 bits per heavy atom. The molecule has 1 aromatic carbocycles. The van der Waals surface area contributed by atoms with Crippen LogP contribution in [0.15, 0.2) is 29.1 Å². The van der Waals surface area contributed by atoms with Crippen LogP contribution in [0.4, 0.5) is 5.69 Å². The zero-order valence-corrected chi connectivity index (χ0v) is 10.6. The van der Waals surface area contributed by atoms with Crippen LogP contribution in [0, 0.1) is 6.92 Å². The average Bonchev–Trinajstić information content (AvgIpc) is 2.30. The van der Waals surface area contributed by atoms with Crippen molar-refractivity contribution in [2.24, 2.45) is 0 Å². The molecule has 0 atom stereocenters. The molecule has 0 unspecified atom stereocenters. The van der Waals surface area contributed by atoms with Crippen molar-refractivity contribution in [1.29, 1.82) is 0 Å². The van der Waals surface area contributed by atoms with Crippen molar-refractivity contribution in [1.82, 2.24) is 4.98 Å². The van der Waals surface area contributed by atoms with Gasteiger partial charge in [-0.1, -0.05) is 6.07 Å². The molecule has 90 valence electrons. The van der Waals surface area contributed by atoms with Gasteiger partial charge in [0.25, 0.3) is 0 Å². The van der Waals surface area contributed by atoms with Gasteiger partial charge < -0.3 is 9.88 Å². The van der Waals surface area contributed by atoms with Crippen LogP contribution < -0.4 is 10.5 Å². The fraction of sp³-hybridized carbons (Fsp3) is 0.357. The summed E-state index contributed by atoms with van der Waals surface area (Å²) in [6.07, 6.45) is 0. The molecule has 0 spiro atoms. The third-order valence-corrected chi connectivity index (χ3v) is 3.16. The summed E-state index contributed by atoms with van der Waals surface area (Å²) in [6.45, 7) is 8.17. The molecular formula is C14H18N2O. The molecule has 1 N–H and O–H groups in total. The number of benzene rings is 1. The first-order chi connectivity index (χ1) is 8.15. The number of aryl methyl sites for hydroxylation is 1. The monoisotopic (exact) mass is 230 g/mol. The summed E-state index contributed by atoms with van der Waals surface area (Å²) in [5.74, 6) is 0. The van der Waals surface area contributed by atoms with E-state index in [4.69, 9.17) is 0 Å². The van der Waals surface area contributed by atoms with Crippen LogP contribution in [0.5, 0.6) is 0 Å². The van der Waals surface area contributed by atoms with E-state index in [0.29, 0.717) is 0 Å². The second-order valence-electron chi connectivity index (χ2n) is 4.22. The van der Waals surface area contributed by atoms with Crippen LogP contribution in [0.3, 0.4) is 0 Å². The first kappa shape index (κ1) is 11.7. The highest BCUT2D eigenvalue weighted by Gasteiger charge is 2.05. The number of pyridine rings is 1. The van der Waals surface area contributed by atoms with Crippen molar-refractivity contribution in [3.8, 4) is 0 Å². The number of nitrogens with one attached hydrogen (secondary N) is 1. The molecule has 2 aromatic rings. The van der Waals surface area contributed by atoms with Gasteiger partial charge in [0, 0.05) is 30.2 Å². The summed E-state index contributed by atoms with van der Waals surface area (Å²) in [7, 11) is 0. The Morgan fingerprint density at radius 3 is 2.53 bits per heavy atom. The maximum atomic E-state index is 11.5. The van der Waals surface area contributed by atoms with Crippen LogP contribution in [0.2, 0.25) is 0 Å². The summed E-state index contributed by atoms with van der Waals surface area (Å²) in [5.41, 5.74) is 3.06. The summed E-state index contributed by atoms with van der Waals surface area (Å²) in [4.78, 5) is 16.6. The van der Waals surface area contributed by atoms with Crippen molar-refractivity contribution in [3.05, 3.63) is 40.2 Å². The minimum absolute atomic E-state index is 0.0355. The summed E-state index contributed by atoms with van der Waals surface area (Å²) in [5, 5.41) is 1.11. The lowest BCUT2D eigenvalue weighted by Gasteiger charge is -2.21. The molecule has 0 aliphatic rings. The van der Waals surface area contributed by atoms with Gasteiger partial charge in [-0.2, -0.15) is 0 Å². The lowest BCUT2D eigenvalue weighted by molar-refractivity contribution is 0.867. The van der Waals surface area contributed by atoms with E-state index in [1.54, 1.807) is 6.07 Å². The number of anilines is 1. The first-order valence-electron chi connectivity index (χ1n) is 6.04. The summed E-state index contributed by atoms with van der Waals surface area (Å²) >= 11 is 0. The summed E-state index contributed by atoms with van der Waals surface area (Å²) < 4.78 is 0. The van der Waals surface area contributed by atoms with E-state index in [-0.39, 0.29) is 5.56 Å². The van der Waals surface area contributed by atoms with Crippen LogP contribution in [-0.2, 0) is 0 Å². The second kappa shape index (κ2) is 4.62. The van der Waals surface area contributed by atoms with E-state index >= 15 is 0 Å². The predicted molar refractivity (Wildman–Crippen MR) is 72.9 cm³/mol. The van der Waals surface area contributed by atoms with E-state index in [9.17, 15) is 4.79 Å². The Labute approximate surface area is 101 Å². The highest BCUT2D eigenvalue weighted by Crippen LogP contribution is 2.21. The van der Waals surface area contributed by atoms with E-state index in [0.717, 1.165) is 35.2 Å². The minimum atomic E-state index is -0.0355. The fourth-order valence-electron chi connectivity index (χ4n) is 2.21. The zero-order valence-electron chi connectivity index (χ0n) is 10.6. The maximum Gasteiger partial charge on any atom is 0.248 e. The van der Waals surface area contributed by atoms with E-state index < -0.39 is 0 Å². The number of hydrogen-bond donors (Lipinski definition) is 1. The van der Waals surface area contributed by atoms with Gasteiger partial charge in [-0.15, -0.1) is 0 Å². The maximum absolute atomic E-state index is 11.5. The van der Waals surface area contributed by atoms with Gasteiger partial charge in [-0.05, 0) is 38.5 Å². The fourth-order valence-corrected chi connectivity index (χ4v) is 2.21. The van der Waals surface area contributed by atoms with Gasteiger partial charge in [0.05, 0.1) is 5.52 Å². The number of H-pyrrole nitrogens is 1. The SMILES string of the molecule is CCN(CC)c1ccc2c(C)cc(=O)[nH]c2c1. The van der Waals surface area contributed by atoms with Crippen LogP contribution in [-0.4, -0.2) is 18.1 Å². The van der Waals surface area contributed by atoms with Crippen molar-refractivity contribution in [3.63, 3.8) is 0 Å². The van der Waals surface area contributed by atoms with Crippen molar-refractivity contribution in [2.45, 2.75) is 20.8 Å². The third-order valence-electron chi connectivity index (χ3n) is 3.16. The van der Waals surface area contributed by atoms with E-state index in [1.807, 2.05) is 6.92 Å². The molecule has 0 bridgehead atoms. The van der Waals surface area contributed by atoms with Gasteiger partial charge in [0.2, 0.25) is 5.56 Å². The van der Waals surface area contributed by atoms with Gasteiger partial charge in [0.1, 0.15) is 0 Å². The molecule has 17 heavy (non-hydrogen) atoms. The molecule has 0 saturated heterocycles. The molecule has 0 amide bonds. The van der Waals surface area contributed by atoms with Gasteiger partial charge in [-0.3, -0.25) is 4.79 Å². The minimum Gasteiger partial charge on any atom is -0.372 e. The first-order valence-corrected chi connectivity index (χ1v) is 6.04. The third kappa shape index (κ3) is 2.18. The largest absolute Gasteiger partial charge is 0.372 e. The number of aromatic nitrogens is 1. The van der Waals surface area contributed by atoms with Gasteiger partial charge in [0.15, 0.2) is 0 Å². The van der Waals surface area contributed by atoms with Crippen molar-refractivity contribution >= 4 is 16.6 Å². The number of nitrogens with zero attached hydrogens (tertiary/aromatic N) is 1. The Balaban J connectivity index is 2.61. The molecule has 0 radical (unpaired) electrons. The number of hydrogen-bond acceptors (Lipinski definition) is 2. The summed E-state index contributed by atoms with van der Waals surface area (Å²) in [6, 6.07) is 7.88. The van der Waals surface area contributed by atoms with Crippen LogP contribution in [0.1, 0.15) is 19.4 Å². The van der Waals surface area contributed by atoms with Gasteiger partial charge >= 0.3 is 0 Å². The molecule has 1 aromatic heterocycles. The highest BCUT2D eigenvalue weighted by atomic mass is 16.1. The average molecular weight is 230 g/mol. The lowest BCUT2D eigenvalue weighted by Crippen LogP contribution is -2.21. The Bertz CT molecular complexity index is 582. The normalized spacial score (nSPS) is 10.8. The van der Waals surface area contributed by atoms with Crippen LogP contribution >= 0.6 is 0 Å². The number of fused-ring (bicyclic) bond motifs is 1. The van der Waals surface area contributed by atoms with Crippen molar-refractivity contribution in [2.75, 3.05) is 18.0 Å². The van der Waals surface area contributed by atoms with Gasteiger partial charge in [-0.25, -0.2) is 0 Å². The number of rotatable bonds is 3. The quantitative estimate of drug-likeness (QED) is 0.880. The molecule has 3 heteroatoms. The second-order valence-corrected chi connectivity index (χ2v) is 4.22. The molecule has 0 aliphatic heterocycles. The molecule has 0 aliphatic carbocycles. The number of aromatic amines is 1. The smallest absolute Gasteiger partial charge is 0.248 e. The lowest BCUT2D eigenvalue weighted by atomic mass is 10.1. The molecule has 0 fully saturated rings.